The van der Waals surface area contributed by atoms with Gasteiger partial charge in [-0.15, -0.1) is 0 Å². The van der Waals surface area contributed by atoms with Crippen LogP contribution in [-0.2, 0) is 11.2 Å². The zero-order chi connectivity index (χ0) is 15.5. The third-order valence-electron chi connectivity index (χ3n) is 3.59. The summed E-state index contributed by atoms with van der Waals surface area (Å²) in [6.45, 7) is 0. The number of nitrogens with one attached hydrogen (secondary N) is 2. The molecule has 2 aliphatic rings. The number of urea groups is 1. The SMILES string of the molecule is O=C1NC(=O)C2=Nn3c(nc4ccccc4c3=O)CC2(O)N1. The normalized spacial score (nSPS) is 23.2. The Labute approximate surface area is 122 Å². The number of hydrogen-bond acceptors (Lipinski definition) is 6. The molecule has 9 nitrogen and oxygen atoms in total. The highest BCUT2D eigenvalue weighted by molar-refractivity contribution is 6.46. The quantitative estimate of drug-likeness (QED) is 0.556. The fourth-order valence-electron chi connectivity index (χ4n) is 2.60. The van der Waals surface area contributed by atoms with E-state index in [1.165, 1.54) is 0 Å². The van der Waals surface area contributed by atoms with Gasteiger partial charge in [-0.05, 0) is 12.1 Å². The molecule has 0 spiro atoms. The lowest BCUT2D eigenvalue weighted by molar-refractivity contribution is -0.116. The van der Waals surface area contributed by atoms with Crippen LogP contribution in [0, 0.1) is 0 Å². The number of fused-ring (bicyclic) bond motifs is 3. The third kappa shape index (κ3) is 1.59. The van der Waals surface area contributed by atoms with Crippen molar-refractivity contribution in [1.29, 1.82) is 0 Å². The molecule has 1 atom stereocenters. The third-order valence-corrected chi connectivity index (χ3v) is 3.59. The van der Waals surface area contributed by atoms with Crippen LogP contribution in [0.2, 0.25) is 0 Å². The highest BCUT2D eigenvalue weighted by Crippen LogP contribution is 2.20. The minimum atomic E-state index is -1.97. The summed E-state index contributed by atoms with van der Waals surface area (Å²) in [6.07, 6.45) is -0.231. The van der Waals surface area contributed by atoms with Gasteiger partial charge in [0.25, 0.3) is 11.5 Å². The largest absolute Gasteiger partial charge is 0.365 e. The fraction of sp³-hybridized carbons (Fsp3) is 0.154. The fourth-order valence-corrected chi connectivity index (χ4v) is 2.60. The van der Waals surface area contributed by atoms with Gasteiger partial charge in [-0.1, -0.05) is 12.1 Å². The van der Waals surface area contributed by atoms with Gasteiger partial charge in [-0.3, -0.25) is 14.9 Å². The van der Waals surface area contributed by atoms with Gasteiger partial charge in [0.15, 0.2) is 11.4 Å². The van der Waals surface area contributed by atoms with Gasteiger partial charge in [0.2, 0.25) is 0 Å². The number of aliphatic hydroxyl groups is 1. The Morgan fingerprint density at radius 3 is 2.82 bits per heavy atom. The monoisotopic (exact) mass is 299 g/mol. The van der Waals surface area contributed by atoms with Crippen LogP contribution in [-0.4, -0.2) is 38.1 Å². The Balaban J connectivity index is 2.01. The van der Waals surface area contributed by atoms with E-state index in [0.717, 1.165) is 4.68 Å². The lowest BCUT2D eigenvalue weighted by Gasteiger charge is -2.35. The number of aromatic nitrogens is 2. The minimum absolute atomic E-state index is 0.157. The van der Waals surface area contributed by atoms with E-state index in [1.807, 2.05) is 5.32 Å². The van der Waals surface area contributed by atoms with Crippen molar-refractivity contribution in [3.63, 3.8) is 0 Å². The molecule has 0 aliphatic carbocycles. The van der Waals surface area contributed by atoms with Gasteiger partial charge in [0, 0.05) is 0 Å². The van der Waals surface area contributed by atoms with Crippen molar-refractivity contribution in [1.82, 2.24) is 20.3 Å². The smallest absolute Gasteiger partial charge is 0.324 e. The van der Waals surface area contributed by atoms with Crippen molar-refractivity contribution in [2.75, 3.05) is 0 Å². The molecule has 1 aromatic carbocycles. The van der Waals surface area contributed by atoms with Gasteiger partial charge < -0.3 is 10.4 Å². The topological polar surface area (TPSA) is 126 Å². The first-order valence-corrected chi connectivity index (χ1v) is 6.44. The lowest BCUT2D eigenvalue weighted by atomic mass is 9.99. The van der Waals surface area contributed by atoms with Crippen LogP contribution in [0.25, 0.3) is 10.9 Å². The molecular weight excluding hydrogens is 290 g/mol. The molecule has 1 aromatic heterocycles. The molecule has 3 N–H and O–H groups in total. The first-order chi connectivity index (χ1) is 10.5. The standard InChI is InChI=1S/C13H9N5O4/c19-10-9-13(22,16-12(21)15-10)5-8-14-7-4-2-1-3-6(7)11(20)18(8)17-9/h1-4,22H,5H2,(H2,15,16,19,21). The van der Waals surface area contributed by atoms with Gasteiger partial charge in [-0.25, -0.2) is 9.78 Å². The maximum Gasteiger partial charge on any atom is 0.324 e. The van der Waals surface area contributed by atoms with E-state index in [1.54, 1.807) is 24.3 Å². The molecule has 9 heteroatoms. The average Bonchev–Trinajstić information content (AvgIpc) is 2.45. The van der Waals surface area contributed by atoms with E-state index >= 15 is 0 Å². The number of para-hydroxylation sites is 1. The van der Waals surface area contributed by atoms with Gasteiger partial charge in [-0.2, -0.15) is 9.78 Å². The second-order valence-electron chi connectivity index (χ2n) is 5.06. The number of nitrogens with zero attached hydrogens (tertiary/aromatic N) is 3. The average molecular weight is 299 g/mol. The molecule has 0 bridgehead atoms. The van der Waals surface area contributed by atoms with Crippen LogP contribution in [0.3, 0.4) is 0 Å². The molecule has 3 amide bonds. The van der Waals surface area contributed by atoms with Crippen LogP contribution in [0.4, 0.5) is 4.79 Å². The summed E-state index contributed by atoms with van der Waals surface area (Å²) in [5, 5.41) is 18.9. The van der Waals surface area contributed by atoms with E-state index in [9.17, 15) is 19.5 Å². The molecule has 0 saturated carbocycles. The number of rotatable bonds is 0. The van der Waals surface area contributed by atoms with Crippen molar-refractivity contribution in [2.24, 2.45) is 5.10 Å². The van der Waals surface area contributed by atoms with E-state index < -0.39 is 23.2 Å². The maximum absolute atomic E-state index is 12.4. The van der Waals surface area contributed by atoms with Crippen molar-refractivity contribution in [3.8, 4) is 0 Å². The van der Waals surface area contributed by atoms with E-state index in [0.29, 0.717) is 10.9 Å². The second kappa shape index (κ2) is 3.98. The first kappa shape index (κ1) is 12.7. The van der Waals surface area contributed by atoms with Crippen LogP contribution in [0.15, 0.2) is 34.2 Å². The first-order valence-electron chi connectivity index (χ1n) is 6.44. The van der Waals surface area contributed by atoms with Crippen LogP contribution < -0.4 is 16.2 Å². The van der Waals surface area contributed by atoms with Crippen LogP contribution in [0.1, 0.15) is 5.82 Å². The molecule has 4 rings (SSSR count). The number of carbonyl (C=O) groups is 2. The Morgan fingerprint density at radius 2 is 2.00 bits per heavy atom. The summed E-state index contributed by atoms with van der Waals surface area (Å²) in [4.78, 5) is 39.9. The highest BCUT2D eigenvalue weighted by Gasteiger charge is 2.48. The number of benzene rings is 1. The van der Waals surface area contributed by atoms with Gasteiger partial charge in [0.05, 0.1) is 17.3 Å². The van der Waals surface area contributed by atoms with E-state index in [2.05, 4.69) is 15.4 Å². The molecular formula is C13H9N5O4. The maximum atomic E-state index is 12.4. The number of carbonyl (C=O) groups excluding carboxylic acids is 2. The van der Waals surface area contributed by atoms with Crippen LogP contribution in [0.5, 0.6) is 0 Å². The molecule has 1 saturated heterocycles. The summed E-state index contributed by atoms with van der Waals surface area (Å²) >= 11 is 0. The summed E-state index contributed by atoms with van der Waals surface area (Å²) < 4.78 is 0.975. The Morgan fingerprint density at radius 1 is 1.23 bits per heavy atom. The predicted molar refractivity (Wildman–Crippen MR) is 74.2 cm³/mol. The molecule has 2 aliphatic heterocycles. The minimum Gasteiger partial charge on any atom is -0.365 e. The number of hydrogen-bond donors (Lipinski definition) is 3. The van der Waals surface area contributed by atoms with Crippen molar-refractivity contribution >= 4 is 28.6 Å². The van der Waals surface area contributed by atoms with Gasteiger partial charge in [0.1, 0.15) is 5.82 Å². The van der Waals surface area contributed by atoms with Crippen molar-refractivity contribution in [2.45, 2.75) is 12.1 Å². The predicted octanol–water partition coefficient (Wildman–Crippen LogP) is -1.32. The Bertz CT molecular complexity index is 947. The Hall–Kier alpha value is -3.07. The van der Waals surface area contributed by atoms with Crippen molar-refractivity contribution in [3.05, 3.63) is 40.4 Å². The molecule has 1 unspecified atom stereocenters. The zero-order valence-corrected chi connectivity index (χ0v) is 11.0. The van der Waals surface area contributed by atoms with Gasteiger partial charge >= 0.3 is 6.03 Å². The lowest BCUT2D eigenvalue weighted by Crippen LogP contribution is -2.69. The number of amides is 3. The second-order valence-corrected chi connectivity index (χ2v) is 5.06. The Kier molecular flexibility index (Phi) is 2.29. The van der Waals surface area contributed by atoms with E-state index in [4.69, 9.17) is 0 Å². The van der Waals surface area contributed by atoms with Crippen molar-refractivity contribution < 1.29 is 14.7 Å². The summed E-state index contributed by atoms with van der Waals surface area (Å²) in [7, 11) is 0. The summed E-state index contributed by atoms with van der Waals surface area (Å²) in [5.41, 5.74) is -2.31. The highest BCUT2D eigenvalue weighted by atomic mass is 16.3. The molecule has 110 valence electrons. The van der Waals surface area contributed by atoms with Crippen LogP contribution >= 0.6 is 0 Å². The summed E-state index contributed by atoms with van der Waals surface area (Å²) in [6, 6.07) is 5.85. The van der Waals surface area contributed by atoms with E-state index in [-0.39, 0.29) is 18.0 Å². The molecule has 3 heterocycles. The number of imide groups is 1. The molecule has 2 aromatic rings. The zero-order valence-electron chi connectivity index (χ0n) is 11.0. The summed E-state index contributed by atoms with van der Waals surface area (Å²) in [5.74, 6) is -0.693. The molecule has 0 radical (unpaired) electrons. The molecule has 1 fully saturated rings. The molecule has 22 heavy (non-hydrogen) atoms.